The van der Waals surface area contributed by atoms with Crippen LogP contribution >= 0.6 is 15.9 Å². The van der Waals surface area contributed by atoms with E-state index in [1.165, 1.54) is 0 Å². The van der Waals surface area contributed by atoms with Gasteiger partial charge >= 0.3 is 6.09 Å². The molecular formula is C14H20BrNO3. The molecule has 0 aliphatic carbocycles. The van der Waals surface area contributed by atoms with Gasteiger partial charge in [0.15, 0.2) is 0 Å². The highest BCUT2D eigenvalue weighted by Gasteiger charge is 2.23. The fraction of sp³-hybridized carbons (Fsp3) is 0.500. The zero-order valence-corrected chi connectivity index (χ0v) is 12.8. The lowest BCUT2D eigenvalue weighted by atomic mass is 9.89. The minimum atomic E-state index is -0.809. The van der Waals surface area contributed by atoms with Crippen molar-refractivity contribution in [1.29, 1.82) is 0 Å². The van der Waals surface area contributed by atoms with Crippen molar-refractivity contribution >= 4 is 22.0 Å². The second-order valence-corrected chi connectivity index (χ2v) is 5.93. The van der Waals surface area contributed by atoms with Crippen molar-refractivity contribution in [3.8, 4) is 0 Å². The third-order valence-corrected chi connectivity index (χ3v) is 3.40. The Kier molecular flexibility index (Phi) is 6.31. The van der Waals surface area contributed by atoms with E-state index in [2.05, 4.69) is 29.8 Å². The average Bonchev–Trinajstić information content (AvgIpc) is 2.34. The summed E-state index contributed by atoms with van der Waals surface area (Å²) < 4.78 is 5.80. The fourth-order valence-corrected chi connectivity index (χ4v) is 2.28. The molecule has 1 amide bonds. The molecule has 3 N–H and O–H groups in total. The third kappa shape index (κ3) is 5.61. The Morgan fingerprint density at radius 1 is 1.37 bits per heavy atom. The maximum Gasteiger partial charge on any atom is 0.404 e. The Hall–Kier alpha value is -1.07. The summed E-state index contributed by atoms with van der Waals surface area (Å²) in [5.41, 5.74) is 5.79. The lowest BCUT2D eigenvalue weighted by molar-refractivity contribution is 0.0448. The minimum absolute atomic E-state index is 0.130. The van der Waals surface area contributed by atoms with Crippen LogP contribution in [-0.4, -0.2) is 17.8 Å². The number of ether oxygens (including phenoxy) is 1. The van der Waals surface area contributed by atoms with Gasteiger partial charge in [0.25, 0.3) is 0 Å². The van der Waals surface area contributed by atoms with E-state index in [9.17, 15) is 9.90 Å². The zero-order chi connectivity index (χ0) is 14.4. The molecule has 2 unspecified atom stereocenters. The van der Waals surface area contributed by atoms with Crippen LogP contribution in [0.1, 0.15) is 31.9 Å². The molecule has 0 aliphatic rings. The van der Waals surface area contributed by atoms with Crippen LogP contribution in [0.3, 0.4) is 0 Å². The quantitative estimate of drug-likeness (QED) is 0.841. The van der Waals surface area contributed by atoms with E-state index in [1.54, 1.807) is 0 Å². The van der Waals surface area contributed by atoms with E-state index >= 15 is 0 Å². The summed E-state index contributed by atoms with van der Waals surface area (Å²) in [6.07, 6.45) is -0.726. The largest absolute Gasteiger partial charge is 0.449 e. The molecule has 0 aromatic heterocycles. The number of primary amides is 1. The van der Waals surface area contributed by atoms with Gasteiger partial charge in [-0.15, -0.1) is 0 Å². The number of hydrogen-bond donors (Lipinski definition) is 2. The number of benzene rings is 1. The van der Waals surface area contributed by atoms with Crippen molar-refractivity contribution in [3.05, 3.63) is 34.3 Å². The minimum Gasteiger partial charge on any atom is -0.449 e. The summed E-state index contributed by atoms with van der Waals surface area (Å²) >= 11 is 3.35. The highest BCUT2D eigenvalue weighted by molar-refractivity contribution is 9.10. The molecule has 0 saturated heterocycles. The van der Waals surface area contributed by atoms with Crippen LogP contribution in [0.15, 0.2) is 28.7 Å². The summed E-state index contributed by atoms with van der Waals surface area (Å²) in [5.74, 6) is 0.236. The normalized spacial score (nSPS) is 14.2. The Morgan fingerprint density at radius 2 is 1.95 bits per heavy atom. The van der Waals surface area contributed by atoms with Crippen molar-refractivity contribution in [2.45, 2.75) is 26.4 Å². The van der Waals surface area contributed by atoms with Gasteiger partial charge in [-0.25, -0.2) is 4.79 Å². The van der Waals surface area contributed by atoms with E-state index in [4.69, 9.17) is 10.5 Å². The maximum atomic E-state index is 10.7. The van der Waals surface area contributed by atoms with Crippen LogP contribution in [-0.2, 0) is 4.74 Å². The number of carbonyl (C=O) groups excluding carboxylic acids is 1. The molecule has 0 fully saturated rings. The van der Waals surface area contributed by atoms with Crippen molar-refractivity contribution in [2.75, 3.05) is 6.61 Å². The molecule has 0 heterocycles. The lowest BCUT2D eigenvalue weighted by Gasteiger charge is -2.24. The highest BCUT2D eigenvalue weighted by atomic mass is 79.9. The summed E-state index contributed by atoms with van der Waals surface area (Å²) in [5, 5.41) is 10.4. The Balaban J connectivity index is 2.77. The van der Waals surface area contributed by atoms with Crippen molar-refractivity contribution in [3.63, 3.8) is 0 Å². The number of hydrogen-bond acceptors (Lipinski definition) is 3. The van der Waals surface area contributed by atoms with E-state index in [0.717, 1.165) is 16.5 Å². The van der Waals surface area contributed by atoms with Crippen LogP contribution in [0.25, 0.3) is 0 Å². The predicted molar refractivity (Wildman–Crippen MR) is 77.6 cm³/mol. The predicted octanol–water partition coefficient (Wildman–Crippen LogP) is 3.24. The van der Waals surface area contributed by atoms with E-state index in [0.29, 0.717) is 5.92 Å². The first-order valence-electron chi connectivity index (χ1n) is 6.26. The van der Waals surface area contributed by atoms with Crippen LogP contribution in [0, 0.1) is 11.8 Å². The van der Waals surface area contributed by atoms with Crippen molar-refractivity contribution < 1.29 is 14.6 Å². The second kappa shape index (κ2) is 7.50. The molecule has 0 radical (unpaired) electrons. The van der Waals surface area contributed by atoms with Gasteiger partial charge in [0.05, 0.1) is 12.7 Å². The molecule has 1 rings (SSSR count). The third-order valence-electron chi connectivity index (χ3n) is 2.87. The summed E-state index contributed by atoms with van der Waals surface area (Å²) in [6.45, 7) is 4.25. The molecule has 0 aliphatic heterocycles. The van der Waals surface area contributed by atoms with Crippen LogP contribution in [0.2, 0.25) is 0 Å². The van der Waals surface area contributed by atoms with Gasteiger partial charge in [-0.3, -0.25) is 0 Å². The van der Waals surface area contributed by atoms with Gasteiger partial charge in [0.1, 0.15) is 0 Å². The standard InChI is InChI=1S/C14H20BrNO3/c1-9(2)7-11(8-19-14(16)18)13(17)10-3-5-12(15)6-4-10/h3-6,9,11,13,17H,7-8H2,1-2H3,(H2,16,18). The van der Waals surface area contributed by atoms with Gasteiger partial charge in [-0.1, -0.05) is 41.9 Å². The summed E-state index contributed by atoms with van der Waals surface area (Å²) in [4.78, 5) is 10.7. The van der Waals surface area contributed by atoms with E-state index < -0.39 is 12.2 Å². The van der Waals surface area contributed by atoms with Gasteiger partial charge in [0.2, 0.25) is 0 Å². The Labute approximate surface area is 122 Å². The number of aliphatic hydroxyl groups is 1. The lowest BCUT2D eigenvalue weighted by Crippen LogP contribution is -2.24. The fourth-order valence-electron chi connectivity index (χ4n) is 2.01. The molecule has 2 atom stereocenters. The van der Waals surface area contributed by atoms with Crippen molar-refractivity contribution in [2.24, 2.45) is 17.6 Å². The number of amides is 1. The zero-order valence-electron chi connectivity index (χ0n) is 11.2. The van der Waals surface area contributed by atoms with Crippen LogP contribution in [0.5, 0.6) is 0 Å². The first-order valence-corrected chi connectivity index (χ1v) is 7.05. The number of aliphatic hydroxyl groups excluding tert-OH is 1. The molecule has 19 heavy (non-hydrogen) atoms. The maximum absolute atomic E-state index is 10.7. The molecule has 106 valence electrons. The molecule has 5 heteroatoms. The van der Waals surface area contributed by atoms with Crippen LogP contribution in [0.4, 0.5) is 4.79 Å². The molecule has 1 aromatic carbocycles. The number of carbonyl (C=O) groups is 1. The Morgan fingerprint density at radius 3 is 2.42 bits per heavy atom. The van der Waals surface area contributed by atoms with Crippen molar-refractivity contribution in [1.82, 2.24) is 0 Å². The SMILES string of the molecule is CC(C)CC(COC(N)=O)C(O)c1ccc(Br)cc1. The molecule has 1 aromatic rings. The second-order valence-electron chi connectivity index (χ2n) is 5.02. The first kappa shape index (κ1) is 16.0. The summed E-state index contributed by atoms with van der Waals surface area (Å²) in [7, 11) is 0. The molecular weight excluding hydrogens is 310 g/mol. The molecule has 0 spiro atoms. The monoisotopic (exact) mass is 329 g/mol. The molecule has 0 saturated carbocycles. The molecule has 4 nitrogen and oxygen atoms in total. The van der Waals surface area contributed by atoms with E-state index in [1.807, 2.05) is 24.3 Å². The highest BCUT2D eigenvalue weighted by Crippen LogP contribution is 2.28. The molecule has 0 bridgehead atoms. The van der Waals surface area contributed by atoms with Gasteiger partial charge in [-0.05, 0) is 30.0 Å². The van der Waals surface area contributed by atoms with E-state index in [-0.39, 0.29) is 12.5 Å². The Bertz CT molecular complexity index is 406. The first-order chi connectivity index (χ1) is 8.90. The number of halogens is 1. The average molecular weight is 330 g/mol. The van der Waals surface area contributed by atoms with Gasteiger partial charge < -0.3 is 15.6 Å². The van der Waals surface area contributed by atoms with Gasteiger partial charge in [0, 0.05) is 10.4 Å². The van der Waals surface area contributed by atoms with Crippen LogP contribution < -0.4 is 5.73 Å². The number of rotatable bonds is 6. The van der Waals surface area contributed by atoms with Gasteiger partial charge in [-0.2, -0.15) is 0 Å². The smallest absolute Gasteiger partial charge is 0.404 e. The number of nitrogens with two attached hydrogens (primary N) is 1. The topological polar surface area (TPSA) is 72.5 Å². The summed E-state index contributed by atoms with van der Waals surface area (Å²) in [6, 6.07) is 7.46.